The molecule has 5 heteroatoms. The van der Waals surface area contributed by atoms with Crippen LogP contribution in [0.4, 0.5) is 10.2 Å². The van der Waals surface area contributed by atoms with Crippen LogP contribution in [0.5, 0.6) is 0 Å². The van der Waals surface area contributed by atoms with Crippen LogP contribution in [-0.2, 0) is 0 Å². The number of anilines is 1. The normalized spacial score (nSPS) is 10.5. The highest BCUT2D eigenvalue weighted by Gasteiger charge is 2.09. The molecule has 0 atom stereocenters. The minimum atomic E-state index is -0.277. The first-order valence-corrected chi connectivity index (χ1v) is 7.16. The van der Waals surface area contributed by atoms with E-state index in [0.717, 1.165) is 5.56 Å². The second-order valence-corrected chi connectivity index (χ2v) is 5.42. The van der Waals surface area contributed by atoms with Crippen molar-refractivity contribution in [2.24, 2.45) is 0 Å². The molecular weight excluding hydrogens is 285 g/mol. The van der Waals surface area contributed by atoms with E-state index >= 15 is 0 Å². The van der Waals surface area contributed by atoms with Crippen LogP contribution < -0.4 is 5.73 Å². The van der Waals surface area contributed by atoms with Gasteiger partial charge in [0.2, 0.25) is 0 Å². The standard InChI is InChI=1S/C16H12FN3S/c17-12-8-4-5-9-13(12)21-15-10-14(18)19-16(20-15)11-6-2-1-3-7-11/h1-10H,(H2,18,19,20). The fourth-order valence-electron chi connectivity index (χ4n) is 1.85. The van der Waals surface area contributed by atoms with Crippen LogP contribution in [0.1, 0.15) is 0 Å². The monoisotopic (exact) mass is 297 g/mol. The first kappa shape index (κ1) is 13.6. The number of nitrogens with zero attached hydrogens (tertiary/aromatic N) is 2. The summed E-state index contributed by atoms with van der Waals surface area (Å²) in [5, 5.41) is 0.617. The van der Waals surface area contributed by atoms with Crippen LogP contribution in [0.3, 0.4) is 0 Å². The number of rotatable bonds is 3. The van der Waals surface area contributed by atoms with Gasteiger partial charge in [0.05, 0.1) is 0 Å². The zero-order valence-electron chi connectivity index (χ0n) is 11.0. The van der Waals surface area contributed by atoms with Gasteiger partial charge in [0, 0.05) is 16.5 Å². The van der Waals surface area contributed by atoms with E-state index in [4.69, 9.17) is 5.73 Å². The van der Waals surface area contributed by atoms with Crippen LogP contribution >= 0.6 is 11.8 Å². The van der Waals surface area contributed by atoms with Gasteiger partial charge in [-0.25, -0.2) is 14.4 Å². The van der Waals surface area contributed by atoms with E-state index in [1.54, 1.807) is 24.3 Å². The van der Waals surface area contributed by atoms with Gasteiger partial charge >= 0.3 is 0 Å². The Morgan fingerprint density at radius 1 is 0.905 bits per heavy atom. The lowest BCUT2D eigenvalue weighted by atomic mass is 10.2. The summed E-state index contributed by atoms with van der Waals surface area (Å²) in [6.45, 7) is 0. The molecule has 0 aliphatic rings. The van der Waals surface area contributed by atoms with Gasteiger partial charge < -0.3 is 5.73 Å². The van der Waals surface area contributed by atoms with Gasteiger partial charge in [0.1, 0.15) is 16.7 Å². The molecule has 0 radical (unpaired) electrons. The van der Waals surface area contributed by atoms with Crippen molar-refractivity contribution in [3.8, 4) is 11.4 Å². The Bertz CT molecular complexity index is 762. The predicted molar refractivity (Wildman–Crippen MR) is 82.4 cm³/mol. The number of nitrogen functional groups attached to an aromatic ring is 1. The Morgan fingerprint density at radius 3 is 2.38 bits per heavy atom. The summed E-state index contributed by atoms with van der Waals surface area (Å²) in [5.41, 5.74) is 6.71. The summed E-state index contributed by atoms with van der Waals surface area (Å²) in [7, 11) is 0. The van der Waals surface area contributed by atoms with Crippen molar-refractivity contribution in [3.63, 3.8) is 0 Å². The first-order chi connectivity index (χ1) is 10.2. The molecule has 3 aromatic rings. The first-order valence-electron chi connectivity index (χ1n) is 6.35. The molecule has 1 heterocycles. The maximum absolute atomic E-state index is 13.7. The van der Waals surface area contributed by atoms with Crippen molar-refractivity contribution in [3.05, 3.63) is 66.5 Å². The molecule has 0 aliphatic carbocycles. The van der Waals surface area contributed by atoms with Crippen molar-refractivity contribution < 1.29 is 4.39 Å². The van der Waals surface area contributed by atoms with Gasteiger partial charge in [0.15, 0.2) is 5.82 Å². The van der Waals surface area contributed by atoms with E-state index in [1.165, 1.54) is 17.8 Å². The molecule has 3 nitrogen and oxygen atoms in total. The molecule has 0 saturated carbocycles. The van der Waals surface area contributed by atoms with Gasteiger partial charge in [0.25, 0.3) is 0 Å². The third-order valence-corrected chi connectivity index (χ3v) is 3.77. The minimum Gasteiger partial charge on any atom is -0.384 e. The lowest BCUT2D eigenvalue weighted by molar-refractivity contribution is 0.602. The maximum atomic E-state index is 13.7. The molecule has 0 spiro atoms. The van der Waals surface area contributed by atoms with E-state index in [2.05, 4.69) is 9.97 Å². The quantitative estimate of drug-likeness (QED) is 0.742. The van der Waals surface area contributed by atoms with Gasteiger partial charge in [-0.3, -0.25) is 0 Å². The number of hydrogen-bond donors (Lipinski definition) is 1. The van der Waals surface area contributed by atoms with Gasteiger partial charge in [-0.15, -0.1) is 0 Å². The highest BCUT2D eigenvalue weighted by atomic mass is 32.2. The minimum absolute atomic E-state index is 0.277. The van der Waals surface area contributed by atoms with Crippen LogP contribution in [-0.4, -0.2) is 9.97 Å². The Balaban J connectivity index is 1.97. The lowest BCUT2D eigenvalue weighted by Crippen LogP contribution is -1.97. The predicted octanol–water partition coefficient (Wildman–Crippen LogP) is 4.02. The highest BCUT2D eigenvalue weighted by Crippen LogP contribution is 2.30. The summed E-state index contributed by atoms with van der Waals surface area (Å²) in [4.78, 5) is 9.18. The van der Waals surface area contributed by atoms with Crippen molar-refractivity contribution in [2.45, 2.75) is 9.92 Å². The average molecular weight is 297 g/mol. The molecule has 0 aliphatic heterocycles. The second-order valence-electron chi connectivity index (χ2n) is 4.35. The zero-order chi connectivity index (χ0) is 14.7. The SMILES string of the molecule is Nc1cc(Sc2ccccc2F)nc(-c2ccccc2)n1. The highest BCUT2D eigenvalue weighted by molar-refractivity contribution is 7.99. The molecule has 0 amide bonds. The van der Waals surface area contributed by atoms with Crippen molar-refractivity contribution in [2.75, 3.05) is 5.73 Å². The number of benzene rings is 2. The van der Waals surface area contributed by atoms with E-state index < -0.39 is 0 Å². The lowest BCUT2D eigenvalue weighted by Gasteiger charge is -2.06. The fraction of sp³-hybridized carbons (Fsp3) is 0. The molecule has 0 fully saturated rings. The zero-order valence-corrected chi connectivity index (χ0v) is 11.8. The van der Waals surface area contributed by atoms with Crippen molar-refractivity contribution in [1.29, 1.82) is 0 Å². The molecule has 3 rings (SSSR count). The van der Waals surface area contributed by atoms with Crippen LogP contribution in [0.15, 0.2) is 70.6 Å². The largest absolute Gasteiger partial charge is 0.384 e. The molecule has 2 N–H and O–H groups in total. The van der Waals surface area contributed by atoms with Gasteiger partial charge in [-0.2, -0.15) is 0 Å². The van der Waals surface area contributed by atoms with Crippen molar-refractivity contribution in [1.82, 2.24) is 9.97 Å². The van der Waals surface area contributed by atoms with Crippen LogP contribution in [0.25, 0.3) is 11.4 Å². The van der Waals surface area contributed by atoms with Crippen LogP contribution in [0, 0.1) is 5.82 Å². The average Bonchev–Trinajstić information content (AvgIpc) is 2.50. The summed E-state index contributed by atoms with van der Waals surface area (Å²) in [5.74, 6) is 0.623. The van der Waals surface area contributed by atoms with E-state index in [-0.39, 0.29) is 5.82 Å². The maximum Gasteiger partial charge on any atom is 0.162 e. The summed E-state index contributed by atoms with van der Waals surface area (Å²) >= 11 is 1.23. The number of hydrogen-bond acceptors (Lipinski definition) is 4. The summed E-state index contributed by atoms with van der Waals surface area (Å²) in [6, 6.07) is 17.8. The Kier molecular flexibility index (Phi) is 3.83. The second kappa shape index (κ2) is 5.93. The molecule has 2 aromatic carbocycles. The van der Waals surface area contributed by atoms with E-state index in [0.29, 0.717) is 21.6 Å². The Hall–Kier alpha value is -2.40. The summed E-state index contributed by atoms with van der Waals surface area (Å²) < 4.78 is 13.7. The molecule has 0 saturated heterocycles. The molecule has 1 aromatic heterocycles. The topological polar surface area (TPSA) is 51.8 Å². The van der Waals surface area contributed by atoms with Gasteiger partial charge in [-0.1, -0.05) is 54.2 Å². The molecule has 0 unspecified atom stereocenters. The summed E-state index contributed by atoms with van der Waals surface area (Å²) in [6.07, 6.45) is 0. The number of halogens is 1. The molecule has 0 bridgehead atoms. The van der Waals surface area contributed by atoms with E-state index in [1.807, 2.05) is 30.3 Å². The molecule has 104 valence electrons. The number of nitrogens with two attached hydrogens (primary N) is 1. The third-order valence-electron chi connectivity index (χ3n) is 2.81. The van der Waals surface area contributed by atoms with Gasteiger partial charge in [-0.05, 0) is 12.1 Å². The third kappa shape index (κ3) is 3.20. The van der Waals surface area contributed by atoms with Crippen molar-refractivity contribution >= 4 is 17.6 Å². The van der Waals surface area contributed by atoms with Crippen LogP contribution in [0.2, 0.25) is 0 Å². The number of aromatic nitrogens is 2. The Morgan fingerprint density at radius 2 is 1.62 bits per heavy atom. The molecule has 21 heavy (non-hydrogen) atoms. The smallest absolute Gasteiger partial charge is 0.162 e. The molecular formula is C16H12FN3S. The Labute approximate surface area is 126 Å². The van der Waals surface area contributed by atoms with E-state index in [9.17, 15) is 4.39 Å². The fourth-order valence-corrected chi connectivity index (χ4v) is 2.70.